The number of aryl methyl sites for hydroxylation is 1. The molecule has 0 radical (unpaired) electrons. The summed E-state index contributed by atoms with van der Waals surface area (Å²) < 4.78 is 0. The Labute approximate surface area is 150 Å². The monoisotopic (exact) mass is 352 g/mol. The van der Waals surface area contributed by atoms with Gasteiger partial charge in [0.15, 0.2) is 0 Å². The molecule has 3 heterocycles. The number of aliphatic carboxylic acids is 1. The number of hydrogen-bond acceptors (Lipinski definition) is 4. The van der Waals surface area contributed by atoms with Crippen LogP contribution >= 0.6 is 11.3 Å². The van der Waals surface area contributed by atoms with Gasteiger partial charge in [-0.15, -0.1) is 11.3 Å². The predicted molar refractivity (Wildman–Crippen MR) is 100 cm³/mol. The van der Waals surface area contributed by atoms with Gasteiger partial charge in [0.25, 0.3) is 0 Å². The number of thiophene rings is 1. The third kappa shape index (κ3) is 3.05. The van der Waals surface area contributed by atoms with Crippen LogP contribution in [0, 0.1) is 6.92 Å². The highest BCUT2D eigenvalue weighted by Gasteiger charge is 2.38. The fraction of sp³-hybridized carbons (Fsp3) is 0.300. The van der Waals surface area contributed by atoms with Crippen molar-refractivity contribution < 1.29 is 9.90 Å². The lowest BCUT2D eigenvalue weighted by Gasteiger charge is -2.30. The molecule has 128 valence electrons. The zero-order chi connectivity index (χ0) is 17.4. The van der Waals surface area contributed by atoms with Gasteiger partial charge in [-0.3, -0.25) is 14.7 Å². The lowest BCUT2D eigenvalue weighted by atomic mass is 10.1. The summed E-state index contributed by atoms with van der Waals surface area (Å²) in [7, 11) is 0. The van der Waals surface area contributed by atoms with E-state index in [1.807, 2.05) is 30.3 Å². The van der Waals surface area contributed by atoms with Crippen molar-refractivity contribution in [3.63, 3.8) is 0 Å². The predicted octanol–water partition coefficient (Wildman–Crippen LogP) is 4.24. The van der Waals surface area contributed by atoms with Crippen LogP contribution in [0.1, 0.15) is 35.0 Å². The Morgan fingerprint density at radius 1 is 1.32 bits per heavy atom. The van der Waals surface area contributed by atoms with E-state index in [1.54, 1.807) is 11.3 Å². The zero-order valence-corrected chi connectivity index (χ0v) is 14.9. The van der Waals surface area contributed by atoms with Gasteiger partial charge in [0.1, 0.15) is 6.04 Å². The molecule has 0 saturated carbocycles. The molecule has 0 spiro atoms. The number of rotatable bonds is 4. The minimum Gasteiger partial charge on any atom is -0.480 e. The van der Waals surface area contributed by atoms with E-state index >= 15 is 0 Å². The Hall–Kier alpha value is -2.24. The molecule has 2 unspecified atom stereocenters. The number of para-hydroxylation sites is 1. The Kier molecular flexibility index (Phi) is 4.27. The second-order valence-corrected chi connectivity index (χ2v) is 7.53. The van der Waals surface area contributed by atoms with Gasteiger partial charge < -0.3 is 5.11 Å². The van der Waals surface area contributed by atoms with E-state index in [-0.39, 0.29) is 6.04 Å². The van der Waals surface area contributed by atoms with Crippen LogP contribution < -0.4 is 0 Å². The van der Waals surface area contributed by atoms with Crippen molar-refractivity contribution in [2.75, 3.05) is 6.54 Å². The quantitative estimate of drug-likeness (QED) is 0.763. The molecule has 1 N–H and O–H groups in total. The van der Waals surface area contributed by atoms with Crippen molar-refractivity contribution in [3.05, 3.63) is 64.0 Å². The largest absolute Gasteiger partial charge is 0.480 e. The lowest BCUT2D eigenvalue weighted by molar-refractivity contribution is -0.142. The minimum atomic E-state index is -0.739. The number of benzene rings is 1. The fourth-order valence-corrected chi connectivity index (χ4v) is 4.70. The Morgan fingerprint density at radius 3 is 2.92 bits per heavy atom. The number of aromatic nitrogens is 1. The van der Waals surface area contributed by atoms with Crippen LogP contribution in [0.5, 0.6) is 0 Å². The SMILES string of the molecule is Cc1csc(C(c2ccc3ccccc3n2)N2CCCC2C(=O)O)c1. The van der Waals surface area contributed by atoms with Gasteiger partial charge in [0, 0.05) is 16.8 Å². The number of carboxylic acid groups (broad SMARTS) is 1. The molecule has 1 aliphatic rings. The average molecular weight is 352 g/mol. The van der Waals surface area contributed by atoms with E-state index in [4.69, 9.17) is 4.98 Å². The molecule has 5 heteroatoms. The maximum atomic E-state index is 11.7. The first-order chi connectivity index (χ1) is 12.1. The first-order valence-electron chi connectivity index (χ1n) is 8.53. The molecule has 1 saturated heterocycles. The van der Waals surface area contributed by atoms with Gasteiger partial charge in [-0.2, -0.15) is 0 Å². The average Bonchev–Trinajstić information content (AvgIpc) is 3.25. The maximum absolute atomic E-state index is 11.7. The molecule has 3 aromatic rings. The van der Waals surface area contributed by atoms with E-state index in [9.17, 15) is 9.90 Å². The van der Waals surface area contributed by atoms with E-state index in [0.29, 0.717) is 6.42 Å². The number of fused-ring (bicyclic) bond motifs is 1. The van der Waals surface area contributed by atoms with E-state index in [0.717, 1.165) is 34.4 Å². The molecule has 1 aromatic carbocycles. The van der Waals surface area contributed by atoms with Crippen molar-refractivity contribution in [3.8, 4) is 0 Å². The molecule has 4 nitrogen and oxygen atoms in total. The van der Waals surface area contributed by atoms with Crippen LogP contribution in [0.2, 0.25) is 0 Å². The van der Waals surface area contributed by atoms with Gasteiger partial charge in [-0.1, -0.05) is 24.3 Å². The lowest BCUT2D eigenvalue weighted by Crippen LogP contribution is -2.39. The molecule has 1 fully saturated rings. The summed E-state index contributed by atoms with van der Waals surface area (Å²) in [6.07, 6.45) is 1.61. The van der Waals surface area contributed by atoms with Gasteiger partial charge in [-0.25, -0.2) is 0 Å². The molecule has 4 rings (SSSR count). The Bertz CT molecular complexity index is 921. The molecular weight excluding hydrogens is 332 g/mol. The first kappa shape index (κ1) is 16.2. The van der Waals surface area contributed by atoms with Crippen molar-refractivity contribution >= 4 is 28.2 Å². The topological polar surface area (TPSA) is 53.4 Å². The standard InChI is InChI=1S/C20H20N2O2S/c1-13-11-18(25-12-13)19(22-10-4-7-17(22)20(23)24)16-9-8-14-5-2-3-6-15(14)21-16/h2-3,5-6,8-9,11-12,17,19H,4,7,10H2,1H3,(H,23,24). The van der Waals surface area contributed by atoms with Crippen molar-refractivity contribution in [2.24, 2.45) is 0 Å². The summed E-state index contributed by atoms with van der Waals surface area (Å²) in [5.74, 6) is -0.739. The third-order valence-corrected chi connectivity index (χ3v) is 5.93. The van der Waals surface area contributed by atoms with Gasteiger partial charge in [0.2, 0.25) is 0 Å². The van der Waals surface area contributed by atoms with Gasteiger partial charge in [-0.05, 0) is 48.9 Å². The van der Waals surface area contributed by atoms with E-state index in [2.05, 4.69) is 29.3 Å². The van der Waals surface area contributed by atoms with E-state index in [1.165, 1.54) is 5.56 Å². The van der Waals surface area contributed by atoms with Crippen LogP contribution in [0.15, 0.2) is 47.8 Å². The third-order valence-electron chi connectivity index (χ3n) is 4.83. The highest BCUT2D eigenvalue weighted by Crippen LogP contribution is 2.37. The molecular formula is C20H20N2O2S. The van der Waals surface area contributed by atoms with Crippen LogP contribution in [-0.2, 0) is 4.79 Å². The molecule has 1 aliphatic heterocycles. The van der Waals surface area contributed by atoms with Crippen molar-refractivity contribution in [1.29, 1.82) is 0 Å². The van der Waals surface area contributed by atoms with Gasteiger partial charge in [0.05, 0.1) is 17.3 Å². The fourth-order valence-electron chi connectivity index (χ4n) is 3.67. The molecule has 0 amide bonds. The summed E-state index contributed by atoms with van der Waals surface area (Å²) in [5, 5.41) is 12.9. The molecule has 0 bridgehead atoms. The molecule has 2 aromatic heterocycles. The molecule has 2 atom stereocenters. The number of hydrogen-bond donors (Lipinski definition) is 1. The Morgan fingerprint density at radius 2 is 2.16 bits per heavy atom. The first-order valence-corrected chi connectivity index (χ1v) is 9.41. The Balaban J connectivity index is 1.83. The second-order valence-electron chi connectivity index (χ2n) is 6.59. The molecule has 25 heavy (non-hydrogen) atoms. The summed E-state index contributed by atoms with van der Waals surface area (Å²) in [6.45, 7) is 2.86. The van der Waals surface area contributed by atoms with Crippen LogP contribution in [0.25, 0.3) is 10.9 Å². The maximum Gasteiger partial charge on any atom is 0.320 e. The highest BCUT2D eigenvalue weighted by atomic mass is 32.1. The number of nitrogens with zero attached hydrogens (tertiary/aromatic N) is 2. The van der Waals surface area contributed by atoms with E-state index < -0.39 is 12.0 Å². The van der Waals surface area contributed by atoms with Crippen LogP contribution in [0.4, 0.5) is 0 Å². The zero-order valence-electron chi connectivity index (χ0n) is 14.1. The highest BCUT2D eigenvalue weighted by molar-refractivity contribution is 7.10. The second kappa shape index (κ2) is 6.58. The number of carboxylic acids is 1. The minimum absolute atomic E-state index is 0.105. The van der Waals surface area contributed by atoms with Gasteiger partial charge >= 0.3 is 5.97 Å². The number of carbonyl (C=O) groups is 1. The number of likely N-dealkylation sites (tertiary alicyclic amines) is 1. The summed E-state index contributed by atoms with van der Waals surface area (Å²) >= 11 is 1.68. The normalized spacial score (nSPS) is 19.3. The van der Waals surface area contributed by atoms with Crippen molar-refractivity contribution in [2.45, 2.75) is 31.8 Å². The summed E-state index contributed by atoms with van der Waals surface area (Å²) in [6, 6.07) is 13.8. The smallest absolute Gasteiger partial charge is 0.320 e. The van der Waals surface area contributed by atoms with Crippen molar-refractivity contribution in [1.82, 2.24) is 9.88 Å². The molecule has 0 aliphatic carbocycles. The van der Waals surface area contributed by atoms with Crippen LogP contribution in [0.3, 0.4) is 0 Å². The summed E-state index contributed by atoms with van der Waals surface area (Å²) in [5.41, 5.74) is 3.08. The number of pyridine rings is 1. The van der Waals surface area contributed by atoms with Crippen LogP contribution in [-0.4, -0.2) is 33.5 Å². The summed E-state index contributed by atoms with van der Waals surface area (Å²) in [4.78, 5) is 19.9.